The second-order valence-electron chi connectivity index (χ2n) is 6.67. The number of carbonyl (C=O) groups is 1. The molecule has 2 heterocycles. The fraction of sp³-hybridized carbons (Fsp3) is 0.136. The number of nitrogens with one attached hydrogen (secondary N) is 1. The zero-order valence-corrected chi connectivity index (χ0v) is 15.9. The molecular weight excluding hydrogens is 352 g/mol. The second-order valence-corrected chi connectivity index (χ2v) is 6.67. The molecule has 6 nitrogen and oxygen atoms in total. The Balaban J connectivity index is 1.83. The molecule has 4 aromatic rings. The predicted molar refractivity (Wildman–Crippen MR) is 109 cm³/mol. The summed E-state index contributed by atoms with van der Waals surface area (Å²) in [6.07, 6.45) is 1.77. The smallest absolute Gasteiger partial charge is 0.253 e. The number of aromatic amines is 1. The summed E-state index contributed by atoms with van der Waals surface area (Å²) in [7, 11) is 5.13. The summed E-state index contributed by atoms with van der Waals surface area (Å²) < 4.78 is 5.49. The molecule has 0 aliphatic carbocycles. The molecule has 0 saturated carbocycles. The first-order valence-electron chi connectivity index (χ1n) is 8.88. The van der Waals surface area contributed by atoms with Crippen molar-refractivity contribution in [2.75, 3.05) is 21.2 Å². The molecule has 0 fully saturated rings. The molecule has 4 rings (SSSR count). The molecule has 28 heavy (non-hydrogen) atoms. The number of fused-ring (bicyclic) bond motifs is 1. The van der Waals surface area contributed by atoms with E-state index in [1.807, 2.05) is 54.6 Å². The molecule has 0 atom stereocenters. The van der Waals surface area contributed by atoms with Gasteiger partial charge in [-0.2, -0.15) is 5.10 Å². The van der Waals surface area contributed by atoms with Crippen LogP contribution in [0.2, 0.25) is 0 Å². The zero-order valence-electron chi connectivity index (χ0n) is 15.9. The van der Waals surface area contributed by atoms with E-state index in [0.29, 0.717) is 11.2 Å². The van der Waals surface area contributed by atoms with Crippen LogP contribution in [0, 0.1) is 0 Å². The van der Waals surface area contributed by atoms with Crippen LogP contribution >= 0.6 is 0 Å². The minimum Gasteiger partial charge on any atom is -0.496 e. The maximum absolute atomic E-state index is 12.3. The fourth-order valence-electron chi connectivity index (χ4n) is 3.20. The minimum atomic E-state index is -0.0334. The Hall–Kier alpha value is -3.67. The number of hydrogen-bond donors (Lipinski definition) is 1. The number of nitrogens with zero attached hydrogens (tertiary/aromatic N) is 3. The number of rotatable bonds is 4. The molecule has 140 valence electrons. The van der Waals surface area contributed by atoms with Crippen LogP contribution in [0.25, 0.3) is 33.4 Å². The van der Waals surface area contributed by atoms with Gasteiger partial charge in [-0.15, -0.1) is 0 Å². The highest BCUT2D eigenvalue weighted by Crippen LogP contribution is 2.34. The lowest BCUT2D eigenvalue weighted by molar-refractivity contribution is 0.0827. The number of para-hydroxylation sites is 1. The third kappa shape index (κ3) is 3.09. The second kappa shape index (κ2) is 7.15. The molecule has 0 unspecified atom stereocenters. The summed E-state index contributed by atoms with van der Waals surface area (Å²) in [6, 6.07) is 17.4. The first-order chi connectivity index (χ1) is 13.6. The molecular formula is C22H20N4O2. The molecule has 0 aliphatic heterocycles. The standard InChI is InChI=1S/C22H20N4O2/c1-26(2)22(27)15-8-6-7-14(11-15)16-12-18-20(24-25-21(18)23-13-16)17-9-4-5-10-19(17)28-3/h4-13H,1-3H3,(H,23,24,25). The lowest BCUT2D eigenvalue weighted by atomic mass is 10.0. The van der Waals surface area contributed by atoms with Crippen molar-refractivity contribution in [1.82, 2.24) is 20.1 Å². The van der Waals surface area contributed by atoms with Gasteiger partial charge >= 0.3 is 0 Å². The van der Waals surface area contributed by atoms with Gasteiger partial charge in [0.1, 0.15) is 5.75 Å². The van der Waals surface area contributed by atoms with E-state index in [1.165, 1.54) is 0 Å². The normalized spacial score (nSPS) is 10.8. The lowest BCUT2D eigenvalue weighted by Crippen LogP contribution is -2.21. The number of H-pyrrole nitrogens is 1. The van der Waals surface area contributed by atoms with Crippen LogP contribution in [0.5, 0.6) is 5.75 Å². The Morgan fingerprint density at radius 3 is 2.64 bits per heavy atom. The van der Waals surface area contributed by atoms with E-state index in [-0.39, 0.29) is 5.91 Å². The van der Waals surface area contributed by atoms with E-state index in [2.05, 4.69) is 15.2 Å². The van der Waals surface area contributed by atoms with Crippen LogP contribution in [-0.2, 0) is 0 Å². The Bertz CT molecular complexity index is 1160. The number of aromatic nitrogens is 3. The van der Waals surface area contributed by atoms with Gasteiger partial charge in [-0.1, -0.05) is 24.3 Å². The van der Waals surface area contributed by atoms with Crippen LogP contribution in [-0.4, -0.2) is 47.2 Å². The van der Waals surface area contributed by atoms with E-state index in [9.17, 15) is 4.79 Å². The average molecular weight is 372 g/mol. The maximum Gasteiger partial charge on any atom is 0.253 e. The van der Waals surface area contributed by atoms with Crippen molar-refractivity contribution in [1.29, 1.82) is 0 Å². The molecule has 1 N–H and O–H groups in total. The Morgan fingerprint density at radius 1 is 1.04 bits per heavy atom. The first kappa shape index (κ1) is 17.7. The molecule has 0 bridgehead atoms. The molecule has 2 aromatic heterocycles. The molecule has 0 aliphatic rings. The number of ether oxygens (including phenoxy) is 1. The van der Waals surface area contributed by atoms with E-state index in [1.54, 1.807) is 32.3 Å². The zero-order chi connectivity index (χ0) is 19.7. The molecule has 2 aromatic carbocycles. The molecule has 0 spiro atoms. The topological polar surface area (TPSA) is 71.1 Å². The van der Waals surface area contributed by atoms with E-state index < -0.39 is 0 Å². The van der Waals surface area contributed by atoms with Gasteiger partial charge in [0, 0.05) is 42.4 Å². The van der Waals surface area contributed by atoms with Gasteiger partial charge < -0.3 is 9.64 Å². The summed E-state index contributed by atoms with van der Waals surface area (Å²) in [4.78, 5) is 18.3. The number of benzene rings is 2. The van der Waals surface area contributed by atoms with Crippen molar-refractivity contribution in [3.8, 4) is 28.1 Å². The summed E-state index contributed by atoms with van der Waals surface area (Å²) >= 11 is 0. The lowest BCUT2D eigenvalue weighted by Gasteiger charge is -2.11. The van der Waals surface area contributed by atoms with Crippen LogP contribution in [0.15, 0.2) is 60.8 Å². The molecule has 1 amide bonds. The number of carbonyl (C=O) groups excluding carboxylic acids is 1. The van der Waals surface area contributed by atoms with Gasteiger partial charge in [0.25, 0.3) is 5.91 Å². The van der Waals surface area contributed by atoms with Gasteiger partial charge in [0.05, 0.1) is 12.8 Å². The van der Waals surface area contributed by atoms with Crippen LogP contribution in [0.1, 0.15) is 10.4 Å². The van der Waals surface area contributed by atoms with Gasteiger partial charge in [0.2, 0.25) is 0 Å². The Labute approximate surface area is 162 Å². The summed E-state index contributed by atoms with van der Waals surface area (Å²) in [6.45, 7) is 0. The van der Waals surface area contributed by atoms with E-state index >= 15 is 0 Å². The number of amides is 1. The van der Waals surface area contributed by atoms with Crippen LogP contribution in [0.4, 0.5) is 0 Å². The van der Waals surface area contributed by atoms with E-state index in [4.69, 9.17) is 4.74 Å². The number of hydrogen-bond acceptors (Lipinski definition) is 4. The largest absolute Gasteiger partial charge is 0.496 e. The van der Waals surface area contributed by atoms with Crippen molar-refractivity contribution in [2.24, 2.45) is 0 Å². The maximum atomic E-state index is 12.3. The quantitative estimate of drug-likeness (QED) is 0.588. The van der Waals surface area contributed by atoms with E-state index in [0.717, 1.165) is 33.5 Å². The van der Waals surface area contributed by atoms with Crippen LogP contribution in [0.3, 0.4) is 0 Å². The van der Waals surface area contributed by atoms with Gasteiger partial charge in [-0.05, 0) is 35.9 Å². The van der Waals surface area contributed by atoms with Gasteiger partial charge in [-0.25, -0.2) is 4.98 Å². The Kier molecular flexibility index (Phi) is 4.53. The SMILES string of the molecule is COc1ccccc1-c1[nH]nc2ncc(-c3cccc(C(=O)N(C)C)c3)cc12. The van der Waals surface area contributed by atoms with Crippen LogP contribution < -0.4 is 4.74 Å². The number of methoxy groups -OCH3 is 1. The molecule has 0 saturated heterocycles. The first-order valence-corrected chi connectivity index (χ1v) is 8.88. The fourth-order valence-corrected chi connectivity index (χ4v) is 3.20. The minimum absolute atomic E-state index is 0.0334. The monoisotopic (exact) mass is 372 g/mol. The van der Waals surface area contributed by atoms with Crippen molar-refractivity contribution < 1.29 is 9.53 Å². The highest BCUT2D eigenvalue weighted by Gasteiger charge is 2.15. The van der Waals surface area contributed by atoms with Crippen molar-refractivity contribution >= 4 is 16.9 Å². The highest BCUT2D eigenvalue weighted by atomic mass is 16.5. The third-order valence-electron chi connectivity index (χ3n) is 4.63. The summed E-state index contributed by atoms with van der Waals surface area (Å²) in [5.74, 6) is 0.728. The average Bonchev–Trinajstić information content (AvgIpc) is 3.16. The van der Waals surface area contributed by atoms with Crippen molar-refractivity contribution in [2.45, 2.75) is 0 Å². The van der Waals surface area contributed by atoms with Crippen molar-refractivity contribution in [3.05, 3.63) is 66.4 Å². The Morgan fingerprint density at radius 2 is 1.86 bits per heavy atom. The molecule has 0 radical (unpaired) electrons. The van der Waals surface area contributed by atoms with Crippen molar-refractivity contribution in [3.63, 3.8) is 0 Å². The third-order valence-corrected chi connectivity index (χ3v) is 4.63. The molecule has 6 heteroatoms. The summed E-state index contributed by atoms with van der Waals surface area (Å²) in [5, 5.41) is 8.29. The summed E-state index contributed by atoms with van der Waals surface area (Å²) in [5.41, 5.74) is 4.88. The van der Waals surface area contributed by atoms with Gasteiger partial charge in [0.15, 0.2) is 5.65 Å². The van der Waals surface area contributed by atoms with Gasteiger partial charge in [-0.3, -0.25) is 9.89 Å². The number of pyridine rings is 1. The highest BCUT2D eigenvalue weighted by molar-refractivity contribution is 5.97. The predicted octanol–water partition coefficient (Wildman–Crippen LogP) is 4.00.